The van der Waals surface area contributed by atoms with Crippen molar-refractivity contribution in [3.63, 3.8) is 0 Å². The van der Waals surface area contributed by atoms with E-state index in [1.807, 2.05) is 29.0 Å². The van der Waals surface area contributed by atoms with Gasteiger partial charge in [-0.1, -0.05) is 12.1 Å². The molecule has 1 aromatic heterocycles. The van der Waals surface area contributed by atoms with E-state index in [1.54, 1.807) is 13.1 Å². The first-order valence-electron chi connectivity index (χ1n) is 10.2. The monoisotopic (exact) mass is 398 g/mol. The highest BCUT2D eigenvalue weighted by molar-refractivity contribution is 5.97. The van der Waals surface area contributed by atoms with Gasteiger partial charge in [-0.15, -0.1) is 0 Å². The second-order valence-corrected chi connectivity index (χ2v) is 8.07. The molecule has 6 nitrogen and oxygen atoms in total. The normalized spacial score (nSPS) is 20.6. The number of hydrogen-bond acceptors (Lipinski definition) is 3. The van der Waals surface area contributed by atoms with Crippen LogP contribution in [0.1, 0.15) is 28.9 Å². The highest BCUT2D eigenvalue weighted by Crippen LogP contribution is 2.20. The van der Waals surface area contributed by atoms with Crippen LogP contribution in [0.2, 0.25) is 0 Å². The van der Waals surface area contributed by atoms with Crippen LogP contribution >= 0.6 is 0 Å². The summed E-state index contributed by atoms with van der Waals surface area (Å²) in [6.07, 6.45) is 3.88. The minimum absolute atomic E-state index is 0.0889. The standard InChI is InChI=1S/C22H27FN4O2/c1-25-20(15-27-10-2-3-19(27)22(25)29)21(28)24-13-16-8-11-26(12-9-16)14-17-4-6-18(23)7-5-17/h2-7,10,16,20H,8-9,11-15H2,1H3,(H,24,28). The van der Waals surface area contributed by atoms with Gasteiger partial charge in [-0.3, -0.25) is 14.5 Å². The van der Waals surface area contributed by atoms with Crippen molar-refractivity contribution in [1.82, 2.24) is 19.7 Å². The molecule has 7 heteroatoms. The maximum Gasteiger partial charge on any atom is 0.270 e. The van der Waals surface area contributed by atoms with Crippen LogP contribution in [0.3, 0.4) is 0 Å². The summed E-state index contributed by atoms with van der Waals surface area (Å²) in [5, 5.41) is 3.06. The summed E-state index contributed by atoms with van der Waals surface area (Å²) >= 11 is 0. The molecule has 154 valence electrons. The Kier molecular flexibility index (Phi) is 5.67. The number of nitrogens with zero attached hydrogens (tertiary/aromatic N) is 3. The Labute approximate surface area is 170 Å². The summed E-state index contributed by atoms with van der Waals surface area (Å²) in [5.41, 5.74) is 1.75. The zero-order valence-electron chi connectivity index (χ0n) is 16.7. The molecule has 0 saturated carbocycles. The summed E-state index contributed by atoms with van der Waals surface area (Å²) < 4.78 is 14.9. The minimum Gasteiger partial charge on any atom is -0.354 e. The van der Waals surface area contributed by atoms with Crippen LogP contribution in [0.25, 0.3) is 0 Å². The van der Waals surface area contributed by atoms with Gasteiger partial charge in [-0.05, 0) is 61.7 Å². The van der Waals surface area contributed by atoms with Crippen LogP contribution in [-0.4, -0.2) is 58.9 Å². The molecule has 2 aliphatic rings. The Hall–Kier alpha value is -2.67. The zero-order chi connectivity index (χ0) is 20.4. The first-order valence-corrected chi connectivity index (χ1v) is 10.2. The lowest BCUT2D eigenvalue weighted by molar-refractivity contribution is -0.126. The average molecular weight is 398 g/mol. The minimum atomic E-state index is -0.471. The van der Waals surface area contributed by atoms with Crippen LogP contribution in [0.4, 0.5) is 4.39 Å². The Balaban J connectivity index is 1.24. The molecule has 1 fully saturated rings. The fourth-order valence-corrected chi connectivity index (χ4v) is 4.22. The molecular weight excluding hydrogens is 371 g/mol. The second-order valence-electron chi connectivity index (χ2n) is 8.07. The smallest absolute Gasteiger partial charge is 0.270 e. The number of halogens is 1. The highest BCUT2D eigenvalue weighted by atomic mass is 19.1. The Morgan fingerprint density at radius 1 is 1.17 bits per heavy atom. The molecule has 1 unspecified atom stereocenters. The van der Waals surface area contributed by atoms with Crippen LogP contribution in [-0.2, 0) is 17.9 Å². The van der Waals surface area contributed by atoms with Crippen LogP contribution < -0.4 is 5.32 Å². The van der Waals surface area contributed by atoms with Crippen molar-refractivity contribution < 1.29 is 14.0 Å². The van der Waals surface area contributed by atoms with Gasteiger partial charge in [-0.25, -0.2) is 4.39 Å². The SMILES string of the molecule is CN1C(=O)c2cccn2CC1C(=O)NCC1CCN(Cc2ccc(F)cc2)CC1. The number of likely N-dealkylation sites (tertiary alicyclic amines) is 1. The topological polar surface area (TPSA) is 57.6 Å². The number of fused-ring (bicyclic) bond motifs is 1. The van der Waals surface area contributed by atoms with Crippen molar-refractivity contribution in [2.24, 2.45) is 5.92 Å². The molecule has 1 N–H and O–H groups in total. The molecular formula is C22H27FN4O2. The van der Waals surface area contributed by atoms with Gasteiger partial charge >= 0.3 is 0 Å². The number of hydrogen-bond donors (Lipinski definition) is 1. The van der Waals surface area contributed by atoms with Crippen molar-refractivity contribution in [1.29, 1.82) is 0 Å². The molecule has 1 atom stereocenters. The van der Waals surface area contributed by atoms with Gasteiger partial charge < -0.3 is 14.8 Å². The predicted octanol–water partition coefficient (Wildman–Crippen LogP) is 2.11. The number of benzene rings is 1. The van der Waals surface area contributed by atoms with Crippen molar-refractivity contribution >= 4 is 11.8 Å². The molecule has 1 saturated heterocycles. The fraction of sp³-hybridized carbons (Fsp3) is 0.455. The quantitative estimate of drug-likeness (QED) is 0.839. The molecule has 2 aromatic rings. The van der Waals surface area contributed by atoms with Gasteiger partial charge in [0.2, 0.25) is 5.91 Å². The van der Waals surface area contributed by atoms with Gasteiger partial charge in [0.15, 0.2) is 0 Å². The first kappa shape index (κ1) is 19.6. The molecule has 2 amide bonds. The van der Waals surface area contributed by atoms with E-state index in [9.17, 15) is 14.0 Å². The Morgan fingerprint density at radius 3 is 2.62 bits per heavy atom. The summed E-state index contributed by atoms with van der Waals surface area (Å²) in [6.45, 7) is 3.89. The van der Waals surface area contributed by atoms with Gasteiger partial charge in [0.25, 0.3) is 5.91 Å². The molecule has 29 heavy (non-hydrogen) atoms. The molecule has 4 rings (SSSR count). The van der Waals surface area contributed by atoms with E-state index in [0.717, 1.165) is 38.0 Å². The number of amides is 2. The third-order valence-electron chi connectivity index (χ3n) is 6.10. The average Bonchev–Trinajstić information content (AvgIpc) is 3.20. The van der Waals surface area contributed by atoms with E-state index >= 15 is 0 Å². The van der Waals surface area contributed by atoms with E-state index < -0.39 is 6.04 Å². The molecule has 0 spiro atoms. The highest BCUT2D eigenvalue weighted by Gasteiger charge is 2.34. The summed E-state index contributed by atoms with van der Waals surface area (Å²) in [6, 6.07) is 9.82. The molecule has 0 bridgehead atoms. The first-order chi connectivity index (χ1) is 14.0. The largest absolute Gasteiger partial charge is 0.354 e. The van der Waals surface area contributed by atoms with E-state index in [1.165, 1.54) is 17.0 Å². The number of aromatic nitrogens is 1. The fourth-order valence-electron chi connectivity index (χ4n) is 4.22. The molecule has 2 aliphatic heterocycles. The number of nitrogens with one attached hydrogen (secondary N) is 1. The van der Waals surface area contributed by atoms with E-state index in [2.05, 4.69) is 10.2 Å². The number of rotatable bonds is 5. The van der Waals surface area contributed by atoms with E-state index in [-0.39, 0.29) is 17.6 Å². The van der Waals surface area contributed by atoms with Crippen molar-refractivity contribution in [3.05, 3.63) is 59.7 Å². The maximum absolute atomic E-state index is 13.0. The van der Waals surface area contributed by atoms with Crippen molar-refractivity contribution in [2.75, 3.05) is 26.7 Å². The van der Waals surface area contributed by atoms with Gasteiger partial charge in [-0.2, -0.15) is 0 Å². The summed E-state index contributed by atoms with van der Waals surface area (Å²) in [5.74, 6) is 0.0288. The lowest BCUT2D eigenvalue weighted by Gasteiger charge is -2.34. The molecule has 3 heterocycles. The summed E-state index contributed by atoms with van der Waals surface area (Å²) in [4.78, 5) is 29.0. The molecule has 0 aliphatic carbocycles. The van der Waals surface area contributed by atoms with E-state index in [4.69, 9.17) is 0 Å². The second kappa shape index (κ2) is 8.37. The number of likely N-dealkylation sites (N-methyl/N-ethyl adjacent to an activating group) is 1. The summed E-state index contributed by atoms with van der Waals surface area (Å²) in [7, 11) is 1.69. The van der Waals surface area contributed by atoms with E-state index in [0.29, 0.717) is 24.7 Å². The molecule has 1 aromatic carbocycles. The Bertz CT molecular complexity index is 871. The zero-order valence-corrected chi connectivity index (χ0v) is 16.7. The Morgan fingerprint density at radius 2 is 1.90 bits per heavy atom. The van der Waals surface area contributed by atoms with Gasteiger partial charge in [0, 0.05) is 26.3 Å². The molecule has 0 radical (unpaired) electrons. The van der Waals surface area contributed by atoms with Crippen LogP contribution in [0.5, 0.6) is 0 Å². The van der Waals surface area contributed by atoms with Gasteiger partial charge in [0.1, 0.15) is 17.6 Å². The third kappa shape index (κ3) is 4.34. The van der Waals surface area contributed by atoms with Crippen molar-refractivity contribution in [3.8, 4) is 0 Å². The lowest BCUT2D eigenvalue weighted by Crippen LogP contribution is -2.54. The number of carbonyl (C=O) groups is 2. The maximum atomic E-state index is 13.0. The van der Waals surface area contributed by atoms with Crippen LogP contribution in [0, 0.1) is 11.7 Å². The van der Waals surface area contributed by atoms with Gasteiger partial charge in [0.05, 0.1) is 6.54 Å². The number of piperidine rings is 1. The van der Waals surface area contributed by atoms with Crippen molar-refractivity contribution in [2.45, 2.75) is 32.0 Å². The third-order valence-corrected chi connectivity index (χ3v) is 6.10. The lowest BCUT2D eigenvalue weighted by atomic mass is 9.96. The number of carbonyl (C=O) groups excluding carboxylic acids is 2. The predicted molar refractivity (Wildman–Crippen MR) is 108 cm³/mol. The van der Waals surface area contributed by atoms with Crippen LogP contribution in [0.15, 0.2) is 42.6 Å².